The van der Waals surface area contributed by atoms with Crippen molar-refractivity contribution >= 4 is 28.3 Å². The molecule has 3 aromatic rings. The normalized spacial score (nSPS) is 17.0. The first-order chi connectivity index (χ1) is 16.5. The van der Waals surface area contributed by atoms with Crippen molar-refractivity contribution in [1.29, 1.82) is 0 Å². The molecule has 176 valence electrons. The van der Waals surface area contributed by atoms with Crippen molar-refractivity contribution in [3.8, 4) is 0 Å². The van der Waals surface area contributed by atoms with Crippen LogP contribution < -0.4 is 10.6 Å². The zero-order chi connectivity index (χ0) is 23.5. The monoisotopic (exact) mass is 456 g/mol. The summed E-state index contributed by atoms with van der Waals surface area (Å²) in [6, 6.07) is 20.1. The van der Waals surface area contributed by atoms with E-state index in [0.717, 1.165) is 61.9 Å². The van der Waals surface area contributed by atoms with Crippen molar-refractivity contribution in [2.45, 2.75) is 25.9 Å². The van der Waals surface area contributed by atoms with Gasteiger partial charge in [-0.25, -0.2) is 0 Å². The second-order valence-corrected chi connectivity index (χ2v) is 9.59. The number of hydrogen-bond acceptors (Lipinski definition) is 4. The second-order valence-electron chi connectivity index (χ2n) is 9.59. The largest absolute Gasteiger partial charge is 0.348 e. The highest BCUT2D eigenvalue weighted by atomic mass is 16.2. The molecule has 2 aliphatic rings. The van der Waals surface area contributed by atoms with Crippen LogP contribution in [-0.2, 0) is 17.9 Å². The fourth-order valence-corrected chi connectivity index (χ4v) is 4.49. The van der Waals surface area contributed by atoms with Crippen molar-refractivity contribution in [1.82, 2.24) is 15.1 Å². The molecule has 1 saturated heterocycles. The summed E-state index contributed by atoms with van der Waals surface area (Å²) in [5.74, 6) is -0.104. The fourth-order valence-electron chi connectivity index (χ4n) is 4.49. The predicted octanol–water partition coefficient (Wildman–Crippen LogP) is 3.87. The number of anilines is 1. The minimum atomic E-state index is -0.179. The number of nitrogens with one attached hydrogen (secondary N) is 2. The summed E-state index contributed by atoms with van der Waals surface area (Å²) >= 11 is 0. The molecular formula is C28H32N4O2. The van der Waals surface area contributed by atoms with E-state index in [4.69, 9.17) is 0 Å². The van der Waals surface area contributed by atoms with Gasteiger partial charge in [-0.2, -0.15) is 0 Å². The maximum Gasteiger partial charge on any atom is 0.253 e. The van der Waals surface area contributed by atoms with Crippen molar-refractivity contribution in [2.24, 2.45) is 5.92 Å². The maximum atomic E-state index is 13.2. The number of fused-ring (bicyclic) bond motifs is 1. The maximum absolute atomic E-state index is 13.2. The number of carbonyl (C=O) groups excluding carboxylic acids is 2. The lowest BCUT2D eigenvalue weighted by molar-refractivity contribution is -0.117. The molecule has 1 aliphatic heterocycles. The van der Waals surface area contributed by atoms with Gasteiger partial charge in [0, 0.05) is 45.2 Å². The molecule has 0 spiro atoms. The minimum Gasteiger partial charge on any atom is -0.348 e. The molecule has 0 atom stereocenters. The van der Waals surface area contributed by atoms with Gasteiger partial charge in [0.05, 0.1) is 11.3 Å². The molecule has 5 rings (SSSR count). The van der Waals surface area contributed by atoms with Gasteiger partial charge in [-0.3, -0.25) is 14.5 Å². The van der Waals surface area contributed by atoms with Crippen LogP contribution in [0.25, 0.3) is 10.8 Å². The quantitative estimate of drug-likeness (QED) is 0.567. The molecule has 1 aliphatic carbocycles. The predicted molar refractivity (Wildman–Crippen MR) is 136 cm³/mol. The molecule has 34 heavy (non-hydrogen) atoms. The van der Waals surface area contributed by atoms with Crippen LogP contribution >= 0.6 is 0 Å². The van der Waals surface area contributed by atoms with Gasteiger partial charge in [-0.05, 0) is 53.9 Å². The van der Waals surface area contributed by atoms with Crippen LogP contribution in [0.15, 0.2) is 60.7 Å². The van der Waals surface area contributed by atoms with Gasteiger partial charge in [-0.15, -0.1) is 0 Å². The first kappa shape index (κ1) is 22.6. The fraction of sp³-hybridized carbons (Fsp3) is 0.357. The summed E-state index contributed by atoms with van der Waals surface area (Å²) in [5.41, 5.74) is 3.42. The van der Waals surface area contributed by atoms with E-state index < -0.39 is 0 Å². The Morgan fingerprint density at radius 2 is 1.59 bits per heavy atom. The summed E-state index contributed by atoms with van der Waals surface area (Å²) in [6.45, 7) is 5.72. The van der Waals surface area contributed by atoms with E-state index in [2.05, 4.69) is 45.7 Å². The van der Waals surface area contributed by atoms with E-state index in [1.54, 1.807) is 0 Å². The van der Waals surface area contributed by atoms with Crippen molar-refractivity contribution in [3.05, 3.63) is 77.4 Å². The van der Waals surface area contributed by atoms with Crippen molar-refractivity contribution in [3.63, 3.8) is 0 Å². The number of carbonyl (C=O) groups is 2. The standard InChI is InChI=1S/C28H32N4O2/c1-31-11-13-32(14-12-31)19-21-6-4-5-20(15-21)18-29-28(34)25-16-23-7-2-3-8-24(23)17-26(25)30-27(33)22-9-10-22/h2-8,15-17,22H,9-14,18-19H2,1H3,(H,29,34)(H,30,33). The highest BCUT2D eigenvalue weighted by Crippen LogP contribution is 2.32. The summed E-state index contributed by atoms with van der Waals surface area (Å²) in [7, 11) is 2.17. The number of likely N-dealkylation sites (N-methyl/N-ethyl adjacent to an activating group) is 1. The lowest BCUT2D eigenvalue weighted by atomic mass is 10.0. The topological polar surface area (TPSA) is 64.7 Å². The Kier molecular flexibility index (Phi) is 6.61. The van der Waals surface area contributed by atoms with Crippen LogP contribution in [-0.4, -0.2) is 54.8 Å². The van der Waals surface area contributed by atoms with Crippen LogP contribution in [0, 0.1) is 5.92 Å². The summed E-state index contributed by atoms with van der Waals surface area (Å²) in [5, 5.41) is 8.04. The average molecular weight is 457 g/mol. The SMILES string of the molecule is CN1CCN(Cc2cccc(CNC(=O)c3cc4ccccc4cc3NC(=O)C3CC3)c2)CC1. The molecule has 6 nitrogen and oxygen atoms in total. The van der Waals surface area contributed by atoms with Crippen LogP contribution in [0.4, 0.5) is 5.69 Å². The number of amides is 2. The molecule has 0 unspecified atom stereocenters. The number of piperazine rings is 1. The summed E-state index contributed by atoms with van der Waals surface area (Å²) in [4.78, 5) is 30.5. The van der Waals surface area contributed by atoms with E-state index in [0.29, 0.717) is 17.8 Å². The van der Waals surface area contributed by atoms with Gasteiger partial charge >= 0.3 is 0 Å². The number of nitrogens with zero attached hydrogens (tertiary/aromatic N) is 2. The van der Waals surface area contributed by atoms with Gasteiger partial charge in [0.1, 0.15) is 0 Å². The molecular weight excluding hydrogens is 424 g/mol. The van der Waals surface area contributed by atoms with Gasteiger partial charge in [0.15, 0.2) is 0 Å². The zero-order valence-corrected chi connectivity index (χ0v) is 19.7. The Bertz CT molecular complexity index is 1200. The van der Waals surface area contributed by atoms with E-state index in [1.165, 1.54) is 5.56 Å². The molecule has 3 aromatic carbocycles. The Hall–Kier alpha value is -3.22. The smallest absolute Gasteiger partial charge is 0.253 e. The lowest BCUT2D eigenvalue weighted by Crippen LogP contribution is -2.43. The van der Waals surface area contributed by atoms with Crippen LogP contribution in [0.2, 0.25) is 0 Å². The third-order valence-electron chi connectivity index (χ3n) is 6.78. The van der Waals surface area contributed by atoms with Crippen molar-refractivity contribution < 1.29 is 9.59 Å². The van der Waals surface area contributed by atoms with Gasteiger partial charge < -0.3 is 15.5 Å². The van der Waals surface area contributed by atoms with Gasteiger partial charge in [0.25, 0.3) is 5.91 Å². The molecule has 0 bridgehead atoms. The van der Waals surface area contributed by atoms with Crippen molar-refractivity contribution in [2.75, 3.05) is 38.5 Å². The molecule has 1 saturated carbocycles. The van der Waals surface area contributed by atoms with Gasteiger partial charge in [0.2, 0.25) is 5.91 Å². The summed E-state index contributed by atoms with van der Waals surface area (Å²) < 4.78 is 0. The lowest BCUT2D eigenvalue weighted by Gasteiger charge is -2.32. The first-order valence-corrected chi connectivity index (χ1v) is 12.2. The number of rotatable bonds is 7. The zero-order valence-electron chi connectivity index (χ0n) is 19.7. The Balaban J connectivity index is 1.28. The van der Waals surface area contributed by atoms with E-state index in [1.807, 2.05) is 42.5 Å². The Labute approximate surface area is 200 Å². The van der Waals surface area contributed by atoms with E-state index >= 15 is 0 Å². The second kappa shape index (κ2) is 9.95. The molecule has 2 fully saturated rings. The first-order valence-electron chi connectivity index (χ1n) is 12.2. The van der Waals surface area contributed by atoms with Crippen LogP contribution in [0.3, 0.4) is 0 Å². The molecule has 2 amide bonds. The minimum absolute atomic E-state index is 0.000869. The third-order valence-corrected chi connectivity index (χ3v) is 6.78. The molecule has 0 aromatic heterocycles. The third kappa shape index (κ3) is 5.46. The molecule has 1 heterocycles. The molecule has 0 radical (unpaired) electrons. The molecule has 2 N–H and O–H groups in total. The highest BCUT2D eigenvalue weighted by Gasteiger charge is 2.30. The number of hydrogen-bond donors (Lipinski definition) is 2. The number of benzene rings is 3. The van der Waals surface area contributed by atoms with E-state index in [-0.39, 0.29) is 17.7 Å². The van der Waals surface area contributed by atoms with Crippen LogP contribution in [0.5, 0.6) is 0 Å². The Morgan fingerprint density at radius 1 is 0.882 bits per heavy atom. The highest BCUT2D eigenvalue weighted by molar-refractivity contribution is 6.08. The van der Waals surface area contributed by atoms with Gasteiger partial charge in [-0.1, -0.05) is 48.5 Å². The van der Waals surface area contributed by atoms with Crippen LogP contribution in [0.1, 0.15) is 34.3 Å². The average Bonchev–Trinajstić information content (AvgIpc) is 3.70. The summed E-state index contributed by atoms with van der Waals surface area (Å²) in [6.07, 6.45) is 1.84. The molecule has 6 heteroatoms. The van der Waals surface area contributed by atoms with E-state index in [9.17, 15) is 9.59 Å². The Morgan fingerprint density at radius 3 is 2.32 bits per heavy atom.